The smallest absolute Gasteiger partial charge is 0.0372 e. The third kappa shape index (κ3) is 6.22. The molecule has 1 nitrogen and oxygen atoms in total. The van der Waals surface area contributed by atoms with Gasteiger partial charge in [-0.3, -0.25) is 4.98 Å². The van der Waals surface area contributed by atoms with Crippen molar-refractivity contribution >= 4 is 0 Å². The number of hydrogen-bond acceptors (Lipinski definition) is 1. The van der Waals surface area contributed by atoms with Crippen molar-refractivity contribution in [1.29, 1.82) is 0 Å². The third-order valence-corrected chi connectivity index (χ3v) is 3.74. The fourth-order valence-electron chi connectivity index (χ4n) is 2.56. The van der Waals surface area contributed by atoms with Crippen LogP contribution >= 0.6 is 0 Å². The van der Waals surface area contributed by atoms with E-state index >= 15 is 0 Å². The zero-order valence-corrected chi connectivity index (χ0v) is 13.9. The van der Waals surface area contributed by atoms with Crippen molar-refractivity contribution in [3.63, 3.8) is 0 Å². The fraction of sp³-hybridized carbons (Fsp3) is 0.722. The highest BCUT2D eigenvalue weighted by Crippen LogP contribution is 2.34. The Hall–Kier alpha value is -0.850. The zero-order chi connectivity index (χ0) is 14.7. The SMILES string of the molecule is CC.CCCCCC(C)(CCC)c1ccc(C)nc1. The molecule has 19 heavy (non-hydrogen) atoms. The van der Waals surface area contributed by atoms with Crippen LogP contribution in [0, 0.1) is 6.92 Å². The monoisotopic (exact) mass is 263 g/mol. The van der Waals surface area contributed by atoms with Gasteiger partial charge in [0.2, 0.25) is 0 Å². The lowest BCUT2D eigenvalue weighted by molar-refractivity contribution is 0.378. The molecule has 1 rings (SSSR count). The van der Waals surface area contributed by atoms with Gasteiger partial charge in [0, 0.05) is 11.9 Å². The second-order valence-electron chi connectivity index (χ2n) is 5.46. The molecule has 0 aliphatic carbocycles. The summed E-state index contributed by atoms with van der Waals surface area (Å²) in [7, 11) is 0. The van der Waals surface area contributed by atoms with Gasteiger partial charge in [0.15, 0.2) is 0 Å². The maximum Gasteiger partial charge on any atom is 0.0372 e. The second kappa shape index (κ2) is 10.00. The van der Waals surface area contributed by atoms with Crippen LogP contribution in [-0.4, -0.2) is 4.98 Å². The number of aromatic nitrogens is 1. The van der Waals surface area contributed by atoms with Gasteiger partial charge in [-0.05, 0) is 36.8 Å². The highest BCUT2D eigenvalue weighted by atomic mass is 14.7. The first-order chi connectivity index (χ1) is 9.12. The lowest BCUT2D eigenvalue weighted by Crippen LogP contribution is -2.22. The first-order valence-corrected chi connectivity index (χ1v) is 8.05. The molecule has 1 atom stereocenters. The van der Waals surface area contributed by atoms with Gasteiger partial charge in [0.05, 0.1) is 0 Å². The van der Waals surface area contributed by atoms with Gasteiger partial charge in [0.1, 0.15) is 0 Å². The van der Waals surface area contributed by atoms with Crippen molar-refractivity contribution in [2.24, 2.45) is 0 Å². The highest BCUT2D eigenvalue weighted by molar-refractivity contribution is 5.22. The molecule has 1 heteroatoms. The predicted octanol–water partition coefficient (Wildman–Crippen LogP) is 6.05. The Morgan fingerprint density at radius 2 is 1.68 bits per heavy atom. The number of hydrogen-bond donors (Lipinski definition) is 0. The predicted molar refractivity (Wildman–Crippen MR) is 86.7 cm³/mol. The van der Waals surface area contributed by atoms with E-state index in [1.54, 1.807) is 0 Å². The molecule has 0 fully saturated rings. The lowest BCUT2D eigenvalue weighted by Gasteiger charge is -2.30. The first-order valence-electron chi connectivity index (χ1n) is 8.05. The van der Waals surface area contributed by atoms with E-state index in [4.69, 9.17) is 0 Å². The molecule has 1 unspecified atom stereocenters. The number of pyridine rings is 1. The van der Waals surface area contributed by atoms with Gasteiger partial charge in [-0.2, -0.15) is 0 Å². The molecule has 0 saturated heterocycles. The minimum Gasteiger partial charge on any atom is -0.261 e. The quantitative estimate of drug-likeness (QED) is 0.545. The molecule has 0 N–H and O–H groups in total. The van der Waals surface area contributed by atoms with Gasteiger partial charge in [-0.25, -0.2) is 0 Å². The van der Waals surface area contributed by atoms with Crippen LogP contribution in [0.25, 0.3) is 0 Å². The topological polar surface area (TPSA) is 12.9 Å². The van der Waals surface area contributed by atoms with Crippen molar-refractivity contribution in [3.05, 3.63) is 29.6 Å². The Balaban J connectivity index is 0.00000154. The number of rotatable bonds is 7. The van der Waals surface area contributed by atoms with Crippen LogP contribution in [0.4, 0.5) is 0 Å². The number of aryl methyl sites for hydroxylation is 1. The maximum atomic E-state index is 4.46. The van der Waals surface area contributed by atoms with E-state index < -0.39 is 0 Å². The Morgan fingerprint density at radius 1 is 1.00 bits per heavy atom. The second-order valence-corrected chi connectivity index (χ2v) is 5.46. The molecule has 1 heterocycles. The van der Waals surface area contributed by atoms with Crippen LogP contribution in [0.1, 0.15) is 84.4 Å². The van der Waals surface area contributed by atoms with E-state index in [-0.39, 0.29) is 0 Å². The van der Waals surface area contributed by atoms with Crippen molar-refractivity contribution in [1.82, 2.24) is 4.98 Å². The van der Waals surface area contributed by atoms with Crippen LogP contribution in [-0.2, 0) is 5.41 Å². The summed E-state index contributed by atoms with van der Waals surface area (Å²) < 4.78 is 0. The largest absolute Gasteiger partial charge is 0.261 e. The Kier molecular flexibility index (Phi) is 9.55. The lowest BCUT2D eigenvalue weighted by atomic mass is 9.75. The molecule has 0 aliphatic heterocycles. The van der Waals surface area contributed by atoms with Crippen LogP contribution in [0.15, 0.2) is 18.3 Å². The van der Waals surface area contributed by atoms with Crippen LogP contribution < -0.4 is 0 Å². The van der Waals surface area contributed by atoms with Crippen molar-refractivity contribution in [3.8, 4) is 0 Å². The van der Waals surface area contributed by atoms with Gasteiger partial charge >= 0.3 is 0 Å². The third-order valence-electron chi connectivity index (χ3n) is 3.74. The van der Waals surface area contributed by atoms with E-state index in [1.807, 2.05) is 13.8 Å². The molecule has 0 spiro atoms. The summed E-state index contributed by atoms with van der Waals surface area (Å²) in [5, 5.41) is 0. The summed E-state index contributed by atoms with van der Waals surface area (Å²) in [5.74, 6) is 0. The summed E-state index contributed by atoms with van der Waals surface area (Å²) in [6.07, 6.45) is 9.86. The van der Waals surface area contributed by atoms with Crippen LogP contribution in [0.3, 0.4) is 0 Å². The molecule has 0 radical (unpaired) electrons. The van der Waals surface area contributed by atoms with Crippen molar-refractivity contribution < 1.29 is 0 Å². The molecule has 0 aromatic carbocycles. The Labute approximate surface area is 120 Å². The van der Waals surface area contributed by atoms with E-state index in [1.165, 1.54) is 44.1 Å². The maximum absolute atomic E-state index is 4.46. The van der Waals surface area contributed by atoms with E-state index in [0.717, 1.165) is 5.69 Å². The molecular formula is C18H33N. The molecule has 0 bridgehead atoms. The Bertz CT molecular complexity index is 315. The molecular weight excluding hydrogens is 230 g/mol. The summed E-state index contributed by atoms with van der Waals surface area (Å²) >= 11 is 0. The normalized spacial score (nSPS) is 13.4. The molecule has 0 amide bonds. The van der Waals surface area contributed by atoms with Crippen molar-refractivity contribution in [2.45, 2.75) is 85.5 Å². The average Bonchev–Trinajstić information content (AvgIpc) is 2.42. The molecule has 1 aromatic heterocycles. The molecule has 0 aliphatic rings. The Morgan fingerprint density at radius 3 is 2.16 bits per heavy atom. The highest BCUT2D eigenvalue weighted by Gasteiger charge is 2.25. The number of unbranched alkanes of at least 4 members (excludes halogenated alkanes) is 2. The van der Waals surface area contributed by atoms with Gasteiger partial charge in [0.25, 0.3) is 0 Å². The minimum absolute atomic E-state index is 0.324. The molecule has 110 valence electrons. The van der Waals surface area contributed by atoms with E-state index in [9.17, 15) is 0 Å². The summed E-state index contributed by atoms with van der Waals surface area (Å²) in [6, 6.07) is 4.41. The summed E-state index contributed by atoms with van der Waals surface area (Å²) in [6.45, 7) is 13.0. The average molecular weight is 263 g/mol. The minimum atomic E-state index is 0.324. The molecule has 1 aromatic rings. The van der Waals surface area contributed by atoms with Crippen LogP contribution in [0.2, 0.25) is 0 Å². The summed E-state index contributed by atoms with van der Waals surface area (Å²) in [5.41, 5.74) is 2.85. The number of nitrogens with zero attached hydrogens (tertiary/aromatic N) is 1. The fourth-order valence-corrected chi connectivity index (χ4v) is 2.56. The van der Waals surface area contributed by atoms with E-state index in [2.05, 4.69) is 51.0 Å². The molecule has 0 saturated carbocycles. The van der Waals surface area contributed by atoms with E-state index in [0.29, 0.717) is 5.41 Å². The zero-order valence-electron chi connectivity index (χ0n) is 13.9. The van der Waals surface area contributed by atoms with Gasteiger partial charge in [-0.1, -0.05) is 66.4 Å². The van der Waals surface area contributed by atoms with Gasteiger partial charge < -0.3 is 0 Å². The standard InChI is InChI=1S/C16H27N.C2H6/c1-5-7-8-12-16(4,11-6-2)15-10-9-14(3)17-13-15;1-2/h9-10,13H,5-8,11-12H2,1-4H3;1-2H3. The van der Waals surface area contributed by atoms with Crippen LogP contribution in [0.5, 0.6) is 0 Å². The summed E-state index contributed by atoms with van der Waals surface area (Å²) in [4.78, 5) is 4.46. The van der Waals surface area contributed by atoms with Crippen molar-refractivity contribution in [2.75, 3.05) is 0 Å². The first kappa shape index (κ1) is 18.1. The van der Waals surface area contributed by atoms with Gasteiger partial charge in [-0.15, -0.1) is 0 Å².